The first-order chi connectivity index (χ1) is 9.63. The average molecular weight is 270 g/mol. The van der Waals surface area contributed by atoms with Crippen molar-refractivity contribution in [2.75, 3.05) is 0 Å². The van der Waals surface area contributed by atoms with E-state index in [1.165, 1.54) is 17.5 Å². The highest BCUT2D eigenvalue weighted by Gasteiger charge is 2.50. The first-order valence-electron chi connectivity index (χ1n) is 7.61. The van der Waals surface area contributed by atoms with Crippen molar-refractivity contribution in [2.24, 2.45) is 5.92 Å². The van der Waals surface area contributed by atoms with E-state index in [2.05, 4.69) is 30.8 Å². The maximum Gasteiger partial charge on any atom is 0.334 e. The fourth-order valence-electron chi connectivity index (χ4n) is 3.40. The molecular weight excluding hydrogens is 248 g/mol. The lowest BCUT2D eigenvalue weighted by molar-refractivity contribution is -0.160. The van der Waals surface area contributed by atoms with E-state index >= 15 is 0 Å². The molecule has 0 heterocycles. The second-order valence-corrected chi connectivity index (χ2v) is 6.20. The number of carbonyl (C=O) groups is 1. The summed E-state index contributed by atoms with van der Waals surface area (Å²) in [5, 5.41) is 0. The van der Waals surface area contributed by atoms with Crippen LogP contribution in [0.1, 0.15) is 50.2 Å². The number of esters is 1. The molecule has 0 bridgehead atoms. The molecule has 1 aromatic carbocycles. The Hall–Kier alpha value is -1.57. The van der Waals surface area contributed by atoms with Crippen molar-refractivity contribution >= 4 is 5.97 Å². The first kappa shape index (κ1) is 13.4. The molecule has 0 aromatic heterocycles. The lowest BCUT2D eigenvalue weighted by Crippen LogP contribution is -2.35. The van der Waals surface area contributed by atoms with Gasteiger partial charge in [0.25, 0.3) is 0 Å². The quantitative estimate of drug-likeness (QED) is 0.469. The number of fused-ring (bicyclic) bond motifs is 1. The summed E-state index contributed by atoms with van der Waals surface area (Å²) in [5.41, 5.74) is 2.69. The number of rotatable bonds is 3. The van der Waals surface area contributed by atoms with Crippen LogP contribution in [0.5, 0.6) is 0 Å². The summed E-state index contributed by atoms with van der Waals surface area (Å²) in [5.74, 6) is 0.249. The van der Waals surface area contributed by atoms with Crippen molar-refractivity contribution in [2.45, 2.75) is 51.0 Å². The number of carbonyl (C=O) groups excluding carboxylic acids is 1. The van der Waals surface area contributed by atoms with E-state index in [0.29, 0.717) is 11.5 Å². The molecule has 1 aromatic rings. The molecule has 0 unspecified atom stereocenters. The Morgan fingerprint density at radius 2 is 2.05 bits per heavy atom. The van der Waals surface area contributed by atoms with Crippen molar-refractivity contribution in [3.8, 4) is 0 Å². The Morgan fingerprint density at radius 3 is 2.75 bits per heavy atom. The number of benzene rings is 1. The minimum Gasteiger partial charge on any atom is -0.451 e. The van der Waals surface area contributed by atoms with Crippen LogP contribution >= 0.6 is 0 Å². The van der Waals surface area contributed by atoms with E-state index in [1.54, 1.807) is 6.92 Å². The lowest BCUT2D eigenvalue weighted by Gasteiger charge is -2.35. The van der Waals surface area contributed by atoms with Gasteiger partial charge in [-0.1, -0.05) is 30.8 Å². The number of aryl methyl sites for hydroxylation is 1. The third kappa shape index (κ3) is 2.28. The van der Waals surface area contributed by atoms with Crippen LogP contribution in [-0.2, 0) is 21.6 Å². The third-order valence-electron chi connectivity index (χ3n) is 4.58. The van der Waals surface area contributed by atoms with Gasteiger partial charge in [0.05, 0.1) is 0 Å². The second-order valence-electron chi connectivity index (χ2n) is 6.20. The van der Waals surface area contributed by atoms with Gasteiger partial charge in [-0.15, -0.1) is 0 Å². The van der Waals surface area contributed by atoms with Crippen LogP contribution in [-0.4, -0.2) is 5.97 Å². The maximum atomic E-state index is 12.1. The molecule has 2 heteroatoms. The van der Waals surface area contributed by atoms with Crippen LogP contribution in [0.3, 0.4) is 0 Å². The summed E-state index contributed by atoms with van der Waals surface area (Å²) in [4.78, 5) is 12.1. The van der Waals surface area contributed by atoms with Gasteiger partial charge in [0, 0.05) is 11.5 Å². The fraction of sp³-hybridized carbons (Fsp3) is 0.500. The molecule has 3 rings (SSSR count). The van der Waals surface area contributed by atoms with Crippen LogP contribution in [0.25, 0.3) is 0 Å². The predicted octanol–water partition coefficient (Wildman–Crippen LogP) is 4.14. The maximum absolute atomic E-state index is 12.1. The summed E-state index contributed by atoms with van der Waals surface area (Å²) in [6.45, 7) is 5.46. The number of ether oxygens (including phenoxy) is 1. The third-order valence-corrected chi connectivity index (χ3v) is 4.58. The Balaban J connectivity index is 2.05. The lowest BCUT2D eigenvalue weighted by atomic mass is 9.83. The number of hydrogen-bond acceptors (Lipinski definition) is 2. The van der Waals surface area contributed by atoms with Crippen LogP contribution in [0.15, 0.2) is 36.4 Å². The molecule has 1 fully saturated rings. The van der Waals surface area contributed by atoms with E-state index in [9.17, 15) is 4.79 Å². The summed E-state index contributed by atoms with van der Waals surface area (Å²) in [6.07, 6.45) is 6.67. The SMILES string of the molecule is C=C(C)C(=O)O[C@]1(C2CC2)CCCCc2ccccc21. The number of hydrogen-bond donors (Lipinski definition) is 0. The molecule has 106 valence electrons. The molecule has 0 N–H and O–H groups in total. The van der Waals surface area contributed by atoms with Crippen molar-refractivity contribution in [1.29, 1.82) is 0 Å². The summed E-state index contributed by atoms with van der Waals surface area (Å²) in [6, 6.07) is 8.50. The zero-order valence-electron chi connectivity index (χ0n) is 12.2. The van der Waals surface area contributed by atoms with Crippen LogP contribution < -0.4 is 0 Å². The minimum absolute atomic E-state index is 0.242. The Labute approximate surface area is 120 Å². The van der Waals surface area contributed by atoms with Crippen molar-refractivity contribution in [3.05, 3.63) is 47.5 Å². The fourth-order valence-corrected chi connectivity index (χ4v) is 3.40. The van der Waals surface area contributed by atoms with E-state index < -0.39 is 5.60 Å². The van der Waals surface area contributed by atoms with E-state index in [1.807, 2.05) is 0 Å². The standard InChI is InChI=1S/C18H22O2/c1-13(2)17(19)20-18(15-10-11-15)12-6-5-8-14-7-3-4-9-16(14)18/h3-4,7,9,15H,1,5-6,8,10-12H2,2H3/t18-/m0/s1. The normalized spacial score (nSPS) is 25.4. The highest BCUT2D eigenvalue weighted by Crippen LogP contribution is 2.53. The molecule has 1 atom stereocenters. The van der Waals surface area contributed by atoms with E-state index in [-0.39, 0.29) is 5.97 Å². The van der Waals surface area contributed by atoms with Gasteiger partial charge in [-0.3, -0.25) is 0 Å². The largest absolute Gasteiger partial charge is 0.451 e. The van der Waals surface area contributed by atoms with Gasteiger partial charge in [0.1, 0.15) is 5.60 Å². The highest BCUT2D eigenvalue weighted by molar-refractivity contribution is 5.87. The zero-order valence-corrected chi connectivity index (χ0v) is 12.2. The van der Waals surface area contributed by atoms with Gasteiger partial charge >= 0.3 is 5.97 Å². The van der Waals surface area contributed by atoms with Gasteiger partial charge in [-0.05, 0) is 56.6 Å². The van der Waals surface area contributed by atoms with Crippen molar-refractivity contribution < 1.29 is 9.53 Å². The molecule has 2 aliphatic carbocycles. The molecule has 0 saturated heterocycles. The molecule has 1 saturated carbocycles. The molecule has 0 spiro atoms. The molecule has 20 heavy (non-hydrogen) atoms. The Bertz CT molecular complexity index is 542. The Kier molecular flexibility index (Phi) is 3.41. The van der Waals surface area contributed by atoms with Gasteiger partial charge in [0.15, 0.2) is 0 Å². The van der Waals surface area contributed by atoms with E-state index in [0.717, 1.165) is 32.1 Å². The molecular formula is C18H22O2. The predicted molar refractivity (Wildman–Crippen MR) is 79.3 cm³/mol. The first-order valence-corrected chi connectivity index (χ1v) is 7.61. The smallest absolute Gasteiger partial charge is 0.334 e. The van der Waals surface area contributed by atoms with Crippen LogP contribution in [0.4, 0.5) is 0 Å². The monoisotopic (exact) mass is 270 g/mol. The van der Waals surface area contributed by atoms with Gasteiger partial charge in [-0.2, -0.15) is 0 Å². The Morgan fingerprint density at radius 1 is 1.30 bits per heavy atom. The minimum atomic E-state index is -0.400. The van der Waals surface area contributed by atoms with Crippen LogP contribution in [0.2, 0.25) is 0 Å². The topological polar surface area (TPSA) is 26.3 Å². The van der Waals surface area contributed by atoms with Crippen molar-refractivity contribution in [3.63, 3.8) is 0 Å². The summed E-state index contributed by atoms with van der Waals surface area (Å²) >= 11 is 0. The molecule has 2 nitrogen and oxygen atoms in total. The second kappa shape index (κ2) is 5.08. The summed E-state index contributed by atoms with van der Waals surface area (Å²) < 4.78 is 6.03. The molecule has 0 aliphatic heterocycles. The van der Waals surface area contributed by atoms with Crippen LogP contribution in [0, 0.1) is 5.92 Å². The highest BCUT2D eigenvalue weighted by atomic mass is 16.6. The van der Waals surface area contributed by atoms with Crippen molar-refractivity contribution in [1.82, 2.24) is 0 Å². The van der Waals surface area contributed by atoms with Gasteiger partial charge in [-0.25, -0.2) is 4.79 Å². The molecule has 2 aliphatic rings. The molecule has 0 radical (unpaired) electrons. The summed E-state index contributed by atoms with van der Waals surface area (Å²) in [7, 11) is 0. The zero-order chi connectivity index (χ0) is 14.2. The van der Waals surface area contributed by atoms with Gasteiger partial charge in [0.2, 0.25) is 0 Å². The average Bonchev–Trinajstić information content (AvgIpc) is 3.26. The van der Waals surface area contributed by atoms with E-state index in [4.69, 9.17) is 4.74 Å². The van der Waals surface area contributed by atoms with Gasteiger partial charge < -0.3 is 4.74 Å². The molecule has 0 amide bonds.